The van der Waals surface area contributed by atoms with Crippen molar-refractivity contribution in [2.45, 2.75) is 37.1 Å². The number of carbonyl (C=O) groups is 3. The van der Waals surface area contributed by atoms with Gasteiger partial charge in [-0.25, -0.2) is 0 Å². The fraction of sp³-hybridized carbons (Fsp3) is 0.233. The number of ketones is 3. The van der Waals surface area contributed by atoms with Crippen molar-refractivity contribution in [3.63, 3.8) is 0 Å². The molecule has 0 fully saturated rings. The number of allylic oxidation sites excluding steroid dienone is 1. The summed E-state index contributed by atoms with van der Waals surface area (Å²) < 4.78 is 0. The van der Waals surface area contributed by atoms with Crippen LogP contribution in [0.2, 0.25) is 0 Å². The molecule has 0 aromatic heterocycles. The Morgan fingerprint density at radius 2 is 1.32 bits per heavy atom. The average molecular weight is 542 g/mol. The molecule has 0 aliphatic heterocycles. The molecule has 7 N–H and O–H groups in total. The van der Waals surface area contributed by atoms with Gasteiger partial charge >= 0.3 is 0 Å². The molecule has 7 rings (SSSR count). The summed E-state index contributed by atoms with van der Waals surface area (Å²) in [7, 11) is 0. The van der Waals surface area contributed by atoms with Crippen LogP contribution in [-0.2, 0) is 6.42 Å². The number of benzene rings is 3. The molecule has 10 nitrogen and oxygen atoms in total. The van der Waals surface area contributed by atoms with E-state index in [0.29, 0.717) is 5.56 Å². The molecule has 0 saturated carbocycles. The van der Waals surface area contributed by atoms with Crippen molar-refractivity contribution in [3.05, 3.63) is 92.6 Å². The summed E-state index contributed by atoms with van der Waals surface area (Å²) in [5.74, 6) is -6.15. The predicted molar refractivity (Wildman–Crippen MR) is 136 cm³/mol. The van der Waals surface area contributed by atoms with Gasteiger partial charge in [-0.2, -0.15) is 0 Å². The molecule has 202 valence electrons. The van der Waals surface area contributed by atoms with Crippen molar-refractivity contribution in [1.29, 1.82) is 0 Å². The van der Waals surface area contributed by atoms with Crippen LogP contribution >= 0.6 is 0 Å². The second kappa shape index (κ2) is 7.36. The predicted octanol–water partition coefficient (Wildman–Crippen LogP) is 1.81. The molecule has 0 heterocycles. The average Bonchev–Trinajstić information content (AvgIpc) is 3.23. The van der Waals surface area contributed by atoms with Gasteiger partial charge in [-0.1, -0.05) is 18.2 Å². The molecule has 10 heteroatoms. The van der Waals surface area contributed by atoms with E-state index in [2.05, 4.69) is 0 Å². The normalized spacial score (nSPS) is 29.3. The van der Waals surface area contributed by atoms with Crippen LogP contribution in [0.5, 0.6) is 23.0 Å². The Morgan fingerprint density at radius 3 is 1.98 bits per heavy atom. The lowest BCUT2D eigenvalue weighted by Crippen LogP contribution is -2.68. The van der Waals surface area contributed by atoms with Gasteiger partial charge in [0.1, 0.15) is 29.1 Å². The highest BCUT2D eigenvalue weighted by Crippen LogP contribution is 2.67. The molecule has 0 bridgehead atoms. The van der Waals surface area contributed by atoms with Gasteiger partial charge < -0.3 is 35.7 Å². The number of hydrogen-bond acceptors (Lipinski definition) is 10. The van der Waals surface area contributed by atoms with E-state index in [1.807, 2.05) is 0 Å². The number of rotatable bonds is 0. The second-order valence-corrected chi connectivity index (χ2v) is 11.0. The van der Waals surface area contributed by atoms with Crippen molar-refractivity contribution in [1.82, 2.24) is 0 Å². The lowest BCUT2D eigenvalue weighted by molar-refractivity contribution is -0.171. The third-order valence-corrected chi connectivity index (χ3v) is 9.12. The van der Waals surface area contributed by atoms with Gasteiger partial charge in [0, 0.05) is 11.5 Å². The lowest BCUT2D eigenvalue weighted by atomic mass is 9.50. The van der Waals surface area contributed by atoms with Gasteiger partial charge in [0.05, 0.1) is 33.8 Å². The van der Waals surface area contributed by atoms with E-state index < -0.39 is 86.2 Å². The van der Waals surface area contributed by atoms with Crippen molar-refractivity contribution in [2.24, 2.45) is 5.41 Å². The summed E-state index contributed by atoms with van der Waals surface area (Å²) in [6, 6.07) is 6.11. The number of Topliss-reactive ketones (excluding diaryl/α,β-unsaturated/α-hetero) is 1. The minimum atomic E-state index is -2.67. The molecule has 1 spiro atoms. The van der Waals surface area contributed by atoms with Gasteiger partial charge in [0.2, 0.25) is 11.6 Å². The van der Waals surface area contributed by atoms with Gasteiger partial charge in [0.15, 0.2) is 11.4 Å². The number of aryl methyl sites for hydroxylation is 1. The van der Waals surface area contributed by atoms with E-state index in [0.717, 1.165) is 18.2 Å². The Kier molecular flexibility index (Phi) is 4.51. The Labute approximate surface area is 225 Å². The van der Waals surface area contributed by atoms with Crippen LogP contribution in [0.4, 0.5) is 0 Å². The SMILES string of the molecule is Cc1cc(O)c2c(c1)[C@H](O)[C@]13Cc4cc(O)c5c(c4[C@H]1C=C[C@@H](O)[C@]3(O)C2=O)C(=O)c1c(O)ccc(O)c1C5=O. The minimum absolute atomic E-state index is 0.0286. The molecule has 3 aromatic carbocycles. The molecular weight excluding hydrogens is 520 g/mol. The summed E-state index contributed by atoms with van der Waals surface area (Å²) in [6.45, 7) is 1.64. The first-order valence-electron chi connectivity index (χ1n) is 12.5. The Hall–Kier alpha value is -4.51. The first-order valence-corrected chi connectivity index (χ1v) is 12.5. The second-order valence-electron chi connectivity index (χ2n) is 11.0. The third kappa shape index (κ3) is 2.48. The van der Waals surface area contributed by atoms with Crippen molar-refractivity contribution < 1.29 is 50.1 Å². The largest absolute Gasteiger partial charge is 0.507 e. The van der Waals surface area contributed by atoms with Crippen molar-refractivity contribution >= 4 is 17.3 Å². The fourth-order valence-electron chi connectivity index (χ4n) is 7.50. The Bertz CT molecular complexity index is 1800. The number of fused-ring (bicyclic) bond motifs is 6. The van der Waals surface area contributed by atoms with E-state index >= 15 is 0 Å². The van der Waals surface area contributed by atoms with Gasteiger partial charge in [-0.15, -0.1) is 0 Å². The van der Waals surface area contributed by atoms with Crippen LogP contribution in [0.25, 0.3) is 0 Å². The number of aromatic hydroxyl groups is 4. The molecule has 0 radical (unpaired) electrons. The van der Waals surface area contributed by atoms with E-state index in [9.17, 15) is 50.1 Å². The van der Waals surface area contributed by atoms with Crippen LogP contribution in [-0.4, -0.2) is 64.8 Å². The first kappa shape index (κ1) is 24.5. The van der Waals surface area contributed by atoms with E-state index in [4.69, 9.17) is 0 Å². The van der Waals surface area contributed by atoms with Crippen LogP contribution < -0.4 is 0 Å². The first-order chi connectivity index (χ1) is 18.9. The summed E-state index contributed by atoms with van der Waals surface area (Å²) >= 11 is 0. The number of carbonyl (C=O) groups excluding carboxylic acids is 3. The summed E-state index contributed by atoms with van der Waals surface area (Å²) in [6.07, 6.45) is -1.16. The van der Waals surface area contributed by atoms with Crippen LogP contribution in [0, 0.1) is 12.3 Å². The van der Waals surface area contributed by atoms with Crippen LogP contribution in [0.3, 0.4) is 0 Å². The molecular formula is C30H22O10. The molecule has 0 unspecified atom stereocenters. The van der Waals surface area contributed by atoms with E-state index in [-0.39, 0.29) is 34.2 Å². The fourth-order valence-corrected chi connectivity index (χ4v) is 7.50. The molecule has 4 aliphatic carbocycles. The number of phenols is 4. The maximum atomic E-state index is 13.9. The number of hydrogen-bond donors (Lipinski definition) is 7. The standard InChI is InChI=1S/C30H22O10/c1-10-6-12-20(16(33)7-10)28(39)30(40)18(35)5-2-13-19-11(9-29(13,30)27(12)38)8-17(34)23-24(19)26(37)22-15(32)4-3-14(31)21(22)25(23)36/h2-8,13,18,27,31-35,38,40H,9H2,1H3/t13-,18-,27+,29+,30+/m1/s1. The molecule has 4 aliphatic rings. The van der Waals surface area contributed by atoms with Gasteiger partial charge in [-0.05, 0) is 59.9 Å². The third-order valence-electron chi connectivity index (χ3n) is 9.12. The van der Waals surface area contributed by atoms with Crippen LogP contribution in [0.15, 0.2) is 42.5 Å². The van der Waals surface area contributed by atoms with E-state index in [1.54, 1.807) is 6.92 Å². The lowest BCUT2D eigenvalue weighted by Gasteiger charge is -2.56. The quantitative estimate of drug-likeness (QED) is 0.127. The van der Waals surface area contributed by atoms with Crippen molar-refractivity contribution in [2.75, 3.05) is 0 Å². The maximum absolute atomic E-state index is 13.9. The monoisotopic (exact) mass is 542 g/mol. The highest BCUT2D eigenvalue weighted by atomic mass is 16.4. The number of phenolic OH excluding ortho intramolecular Hbond substituents is 4. The summed E-state index contributed by atoms with van der Waals surface area (Å²) in [5, 5.41) is 77.5. The van der Waals surface area contributed by atoms with Gasteiger partial charge in [0.25, 0.3) is 0 Å². The highest BCUT2D eigenvalue weighted by molar-refractivity contribution is 6.31. The Morgan fingerprint density at radius 1 is 0.750 bits per heavy atom. The zero-order chi connectivity index (χ0) is 28.6. The number of aliphatic hydroxyl groups excluding tert-OH is 2. The zero-order valence-electron chi connectivity index (χ0n) is 20.8. The zero-order valence-corrected chi connectivity index (χ0v) is 20.8. The molecule has 5 atom stereocenters. The summed E-state index contributed by atoms with van der Waals surface area (Å²) in [5.41, 5.74) is -5.66. The summed E-state index contributed by atoms with van der Waals surface area (Å²) in [4.78, 5) is 41.4. The molecule has 0 saturated heterocycles. The highest BCUT2D eigenvalue weighted by Gasteiger charge is 2.72. The smallest absolute Gasteiger partial charge is 0.202 e. The molecule has 40 heavy (non-hydrogen) atoms. The van der Waals surface area contributed by atoms with Gasteiger partial charge in [-0.3, -0.25) is 14.4 Å². The van der Waals surface area contributed by atoms with E-state index in [1.165, 1.54) is 24.3 Å². The molecule has 0 amide bonds. The maximum Gasteiger partial charge on any atom is 0.202 e. The number of aliphatic hydroxyl groups is 3. The van der Waals surface area contributed by atoms with Crippen molar-refractivity contribution in [3.8, 4) is 23.0 Å². The molecule has 3 aromatic rings. The minimum Gasteiger partial charge on any atom is -0.507 e. The Balaban J connectivity index is 1.55. The van der Waals surface area contributed by atoms with Crippen LogP contribution in [0.1, 0.15) is 76.5 Å². The topological polar surface area (TPSA) is 193 Å².